The average molecular weight is 401 g/mol. The summed E-state index contributed by atoms with van der Waals surface area (Å²) in [6.07, 6.45) is 6.92. The highest BCUT2D eigenvalue weighted by molar-refractivity contribution is 5.80. The number of rotatable bonds is 3. The van der Waals surface area contributed by atoms with Crippen molar-refractivity contribution >= 4 is 17.1 Å². The van der Waals surface area contributed by atoms with Crippen LogP contribution in [0.3, 0.4) is 0 Å². The van der Waals surface area contributed by atoms with Crippen molar-refractivity contribution in [1.29, 1.82) is 0 Å². The standard InChI is InChI=1S/C22H30FN5O/c1-13-6-7-15(8-9-25-13)19-20(23)17(12-16-5-4-10-29-21(16)19)26-22-27-14(2)11-18(24-3)28(22)27/h8,12-14,22,25-26H,4-7,9-11H2,1-3H3/p+1/t13-,14?,22?,27?,28?/m0/s1. The third-order valence-electron chi connectivity index (χ3n) is 6.58. The smallest absolute Gasteiger partial charge is 0.300 e. The number of amidine groups is 1. The Balaban J connectivity index is 1.51. The molecule has 6 nitrogen and oxygen atoms in total. The minimum Gasteiger partial charge on any atom is -0.493 e. The minimum atomic E-state index is -0.183. The topological polar surface area (TPSA) is 51.3 Å². The Morgan fingerprint density at radius 2 is 2.17 bits per heavy atom. The van der Waals surface area contributed by atoms with E-state index in [0.29, 0.717) is 29.9 Å². The Morgan fingerprint density at radius 3 is 3.00 bits per heavy atom. The molecule has 3 atom stereocenters. The highest BCUT2D eigenvalue weighted by Gasteiger charge is 2.57. The summed E-state index contributed by atoms with van der Waals surface area (Å²) in [5.74, 6) is 1.76. The van der Waals surface area contributed by atoms with Gasteiger partial charge in [-0.25, -0.2) is 4.39 Å². The molecule has 156 valence electrons. The second-order valence-electron chi connectivity index (χ2n) is 8.62. The molecular formula is C22H31FN5O+. The maximum atomic E-state index is 15.9. The van der Waals surface area contributed by atoms with Crippen LogP contribution in [0.15, 0.2) is 12.1 Å². The molecule has 1 aromatic rings. The second kappa shape index (κ2) is 7.20. The van der Waals surface area contributed by atoms with E-state index in [0.717, 1.165) is 55.5 Å². The molecule has 4 aliphatic heterocycles. The Morgan fingerprint density at radius 1 is 1.31 bits per heavy atom. The molecule has 0 aromatic heterocycles. The van der Waals surface area contributed by atoms with Gasteiger partial charge in [-0.3, -0.25) is 5.32 Å². The van der Waals surface area contributed by atoms with Crippen LogP contribution in [-0.4, -0.2) is 54.1 Å². The molecule has 4 aliphatic rings. The van der Waals surface area contributed by atoms with Gasteiger partial charge in [0.2, 0.25) is 0 Å². The van der Waals surface area contributed by atoms with Gasteiger partial charge in [0.1, 0.15) is 5.75 Å². The quantitative estimate of drug-likeness (QED) is 0.538. The molecule has 1 fully saturated rings. The van der Waals surface area contributed by atoms with Gasteiger partial charge in [0, 0.05) is 12.6 Å². The van der Waals surface area contributed by atoms with E-state index in [1.165, 1.54) is 5.84 Å². The molecule has 7 heteroatoms. The van der Waals surface area contributed by atoms with Crippen molar-refractivity contribution in [2.45, 2.75) is 64.3 Å². The van der Waals surface area contributed by atoms with Crippen molar-refractivity contribution in [3.8, 4) is 5.75 Å². The zero-order valence-corrected chi connectivity index (χ0v) is 17.5. The molecule has 0 spiro atoms. The fourth-order valence-electron chi connectivity index (χ4n) is 4.94. The number of hydrogen-bond donors (Lipinski definition) is 3. The summed E-state index contributed by atoms with van der Waals surface area (Å²) in [6, 6.07) is 2.81. The Labute approximate surface area is 171 Å². The molecular weight excluding hydrogens is 369 g/mol. The number of allylic oxidation sites excluding steroid dienone is 1. The van der Waals surface area contributed by atoms with Crippen molar-refractivity contribution < 1.29 is 13.8 Å². The number of benzene rings is 1. The molecule has 5 rings (SSSR count). The number of nitrogens with zero attached hydrogens (tertiary/aromatic N) is 2. The lowest BCUT2D eigenvalue weighted by atomic mass is 9.93. The fourth-order valence-corrected chi connectivity index (χ4v) is 4.94. The molecule has 1 aromatic carbocycles. The third-order valence-corrected chi connectivity index (χ3v) is 6.58. The Kier molecular flexibility index (Phi) is 4.65. The van der Waals surface area contributed by atoms with Crippen LogP contribution < -0.4 is 20.7 Å². The van der Waals surface area contributed by atoms with Crippen LogP contribution in [0.25, 0.3) is 5.57 Å². The van der Waals surface area contributed by atoms with Crippen LogP contribution in [0.1, 0.15) is 50.7 Å². The number of aryl methyl sites for hydroxylation is 1. The van der Waals surface area contributed by atoms with Crippen molar-refractivity contribution in [3.05, 3.63) is 29.1 Å². The van der Waals surface area contributed by atoms with E-state index in [4.69, 9.17) is 4.74 Å². The minimum absolute atomic E-state index is 0.0101. The van der Waals surface area contributed by atoms with Crippen LogP contribution in [0, 0.1) is 5.82 Å². The molecule has 2 unspecified atom stereocenters. The van der Waals surface area contributed by atoms with E-state index >= 15 is 4.39 Å². The number of halogens is 1. The molecule has 0 saturated carbocycles. The van der Waals surface area contributed by atoms with E-state index in [1.54, 1.807) is 0 Å². The van der Waals surface area contributed by atoms with Gasteiger partial charge in [-0.2, -0.15) is 5.01 Å². The summed E-state index contributed by atoms with van der Waals surface area (Å²) in [7, 11) is 1.95. The number of fused-ring (bicyclic) bond motifs is 2. The highest BCUT2D eigenvalue weighted by atomic mass is 19.1. The van der Waals surface area contributed by atoms with Gasteiger partial charge in [0.15, 0.2) is 5.82 Å². The van der Waals surface area contributed by atoms with Gasteiger partial charge in [0.05, 0.1) is 37.4 Å². The molecule has 0 aliphatic carbocycles. The van der Waals surface area contributed by atoms with Gasteiger partial charge in [0.25, 0.3) is 12.1 Å². The fraction of sp³-hybridized carbons (Fsp3) is 0.591. The first-order chi connectivity index (χ1) is 14.1. The van der Waals surface area contributed by atoms with Crippen LogP contribution in [0.4, 0.5) is 10.1 Å². The predicted octanol–water partition coefficient (Wildman–Crippen LogP) is 2.65. The van der Waals surface area contributed by atoms with Crippen molar-refractivity contribution in [1.82, 2.24) is 15.6 Å². The summed E-state index contributed by atoms with van der Waals surface area (Å²) in [4.78, 5) is 0. The number of ether oxygens (including phenoxy) is 1. The number of nitrogens with one attached hydrogen (secondary N) is 3. The summed E-state index contributed by atoms with van der Waals surface area (Å²) < 4.78 is 24.0. The van der Waals surface area contributed by atoms with Gasteiger partial charge in [-0.1, -0.05) is 6.08 Å². The van der Waals surface area contributed by atoms with Gasteiger partial charge < -0.3 is 15.4 Å². The molecule has 0 radical (unpaired) electrons. The van der Waals surface area contributed by atoms with Crippen LogP contribution in [0.2, 0.25) is 0 Å². The van der Waals surface area contributed by atoms with E-state index in [1.807, 2.05) is 13.1 Å². The first-order valence-corrected chi connectivity index (χ1v) is 10.9. The number of anilines is 1. The molecule has 0 bridgehead atoms. The molecule has 4 heterocycles. The van der Waals surface area contributed by atoms with Crippen molar-refractivity contribution in [2.24, 2.45) is 0 Å². The lowest BCUT2D eigenvalue weighted by Gasteiger charge is -2.24. The number of hydrogen-bond acceptors (Lipinski definition) is 5. The zero-order chi connectivity index (χ0) is 20.1. The summed E-state index contributed by atoms with van der Waals surface area (Å²) >= 11 is 0. The maximum Gasteiger partial charge on any atom is 0.300 e. The first kappa shape index (κ1) is 18.7. The second-order valence-corrected chi connectivity index (χ2v) is 8.62. The summed E-state index contributed by atoms with van der Waals surface area (Å²) in [6.45, 7) is 5.82. The number of hydrazine groups is 1. The lowest BCUT2D eigenvalue weighted by Crippen LogP contribution is -2.28. The molecule has 3 N–H and O–H groups in total. The van der Waals surface area contributed by atoms with Gasteiger partial charge >= 0.3 is 0 Å². The van der Waals surface area contributed by atoms with E-state index in [-0.39, 0.29) is 12.1 Å². The van der Waals surface area contributed by atoms with E-state index < -0.39 is 0 Å². The summed E-state index contributed by atoms with van der Waals surface area (Å²) in [5.41, 5.74) is 3.43. The van der Waals surface area contributed by atoms with Crippen molar-refractivity contribution in [3.63, 3.8) is 0 Å². The largest absolute Gasteiger partial charge is 0.493 e. The van der Waals surface area contributed by atoms with Crippen LogP contribution in [0.5, 0.6) is 5.75 Å². The third kappa shape index (κ3) is 3.16. The SMILES string of the molecule is CNC1=[N+]2C(Nc3cc4c(c(C5=CCN[C@@H](C)CC5)c3F)OCCC4)N2C(C)C1. The van der Waals surface area contributed by atoms with Crippen molar-refractivity contribution in [2.75, 3.05) is 25.5 Å². The predicted molar refractivity (Wildman–Crippen MR) is 113 cm³/mol. The summed E-state index contributed by atoms with van der Waals surface area (Å²) in [5, 5.41) is 12.5. The lowest BCUT2D eigenvalue weighted by molar-refractivity contribution is -0.453. The van der Waals surface area contributed by atoms with Gasteiger partial charge in [-0.05, 0) is 56.7 Å². The van der Waals surface area contributed by atoms with E-state index in [9.17, 15) is 0 Å². The number of hydrazone groups is 1. The first-order valence-electron chi connectivity index (χ1n) is 10.9. The van der Waals surface area contributed by atoms with Crippen LogP contribution >= 0.6 is 0 Å². The zero-order valence-electron chi connectivity index (χ0n) is 17.5. The molecule has 0 amide bonds. The molecule has 1 saturated heterocycles. The normalized spacial score (nSPS) is 28.2. The average Bonchev–Trinajstić information content (AvgIpc) is 3.38. The maximum absolute atomic E-state index is 15.9. The van der Waals surface area contributed by atoms with Crippen LogP contribution in [-0.2, 0) is 6.42 Å². The monoisotopic (exact) mass is 400 g/mol. The molecule has 29 heavy (non-hydrogen) atoms. The van der Waals surface area contributed by atoms with Gasteiger partial charge in [-0.15, -0.1) is 4.68 Å². The Bertz CT molecular complexity index is 896. The Hall–Kier alpha value is -2.28. The highest BCUT2D eigenvalue weighted by Crippen LogP contribution is 2.42. The van der Waals surface area contributed by atoms with E-state index in [2.05, 4.69) is 45.6 Å².